The van der Waals surface area contributed by atoms with Crippen molar-refractivity contribution >= 4 is 5.91 Å². The van der Waals surface area contributed by atoms with Crippen molar-refractivity contribution in [3.8, 4) is 0 Å². The second-order valence-corrected chi connectivity index (χ2v) is 3.29. The number of amides is 1. The normalized spacial score (nSPS) is 12.1. The molecule has 0 radical (unpaired) electrons. The van der Waals surface area contributed by atoms with Gasteiger partial charge in [-0.3, -0.25) is 4.79 Å². The van der Waals surface area contributed by atoms with Gasteiger partial charge in [0.25, 0.3) is 0 Å². The molecule has 76 valence electrons. The Hall–Kier alpha value is -1.35. The van der Waals surface area contributed by atoms with Gasteiger partial charge in [0.05, 0.1) is 0 Å². The van der Waals surface area contributed by atoms with Crippen LogP contribution in [-0.4, -0.2) is 12.5 Å². The molecule has 0 spiro atoms. The van der Waals surface area contributed by atoms with Gasteiger partial charge < -0.3 is 11.1 Å². The zero-order valence-electron chi connectivity index (χ0n) is 8.36. The second-order valence-electron chi connectivity index (χ2n) is 3.29. The molecular formula is C11H16N2O. The van der Waals surface area contributed by atoms with Crippen LogP contribution < -0.4 is 11.1 Å². The summed E-state index contributed by atoms with van der Waals surface area (Å²) in [6, 6.07) is 9.89. The van der Waals surface area contributed by atoms with Crippen LogP contribution in [0.2, 0.25) is 0 Å². The Labute approximate surface area is 84.3 Å². The Morgan fingerprint density at radius 1 is 1.43 bits per heavy atom. The minimum Gasteiger partial charge on any atom is -0.356 e. The number of rotatable bonds is 4. The Morgan fingerprint density at radius 3 is 2.64 bits per heavy atom. The van der Waals surface area contributed by atoms with Gasteiger partial charge in [0.2, 0.25) is 5.91 Å². The van der Waals surface area contributed by atoms with Crippen molar-refractivity contribution in [1.29, 1.82) is 0 Å². The zero-order valence-corrected chi connectivity index (χ0v) is 8.36. The first-order valence-corrected chi connectivity index (χ1v) is 4.75. The molecule has 0 heterocycles. The highest BCUT2D eigenvalue weighted by atomic mass is 16.1. The van der Waals surface area contributed by atoms with Crippen LogP contribution in [0.4, 0.5) is 0 Å². The van der Waals surface area contributed by atoms with E-state index >= 15 is 0 Å². The molecule has 1 aromatic rings. The lowest BCUT2D eigenvalue weighted by atomic mass is 10.1. The van der Waals surface area contributed by atoms with E-state index in [0.29, 0.717) is 6.54 Å². The van der Waals surface area contributed by atoms with Gasteiger partial charge in [0.15, 0.2) is 0 Å². The van der Waals surface area contributed by atoms with Gasteiger partial charge in [-0.2, -0.15) is 0 Å². The summed E-state index contributed by atoms with van der Waals surface area (Å²) < 4.78 is 0. The van der Waals surface area contributed by atoms with E-state index < -0.39 is 0 Å². The lowest BCUT2D eigenvalue weighted by Crippen LogP contribution is -2.24. The number of carbonyl (C=O) groups is 1. The van der Waals surface area contributed by atoms with Crippen LogP contribution in [0.3, 0.4) is 0 Å². The Kier molecular flexibility index (Phi) is 4.13. The predicted molar refractivity (Wildman–Crippen MR) is 56.7 cm³/mol. The predicted octanol–water partition coefficient (Wildman–Crippen LogP) is 1.21. The zero-order chi connectivity index (χ0) is 10.4. The van der Waals surface area contributed by atoms with Crippen LogP contribution >= 0.6 is 0 Å². The van der Waals surface area contributed by atoms with Crippen molar-refractivity contribution < 1.29 is 4.79 Å². The van der Waals surface area contributed by atoms with E-state index in [1.807, 2.05) is 30.3 Å². The van der Waals surface area contributed by atoms with Crippen LogP contribution in [0.25, 0.3) is 0 Å². The second kappa shape index (κ2) is 5.40. The summed E-state index contributed by atoms with van der Waals surface area (Å²) in [4.78, 5) is 10.6. The lowest BCUT2D eigenvalue weighted by molar-refractivity contribution is -0.118. The number of carbonyl (C=O) groups excluding carboxylic acids is 1. The first kappa shape index (κ1) is 10.7. The number of nitrogens with one attached hydrogen (secondary N) is 1. The SMILES string of the molecule is CC(=O)NCC[C@H](N)c1ccccc1. The monoisotopic (exact) mass is 192 g/mol. The highest BCUT2D eigenvalue weighted by Gasteiger charge is 2.04. The maximum Gasteiger partial charge on any atom is 0.216 e. The smallest absolute Gasteiger partial charge is 0.216 e. The Morgan fingerprint density at radius 2 is 2.07 bits per heavy atom. The quantitative estimate of drug-likeness (QED) is 0.753. The van der Waals surface area contributed by atoms with Gasteiger partial charge in [0, 0.05) is 19.5 Å². The molecule has 0 saturated heterocycles. The van der Waals surface area contributed by atoms with Crippen LogP contribution in [0.1, 0.15) is 24.9 Å². The van der Waals surface area contributed by atoms with Gasteiger partial charge >= 0.3 is 0 Å². The van der Waals surface area contributed by atoms with Crippen LogP contribution in [0, 0.1) is 0 Å². The van der Waals surface area contributed by atoms with Gasteiger partial charge in [-0.25, -0.2) is 0 Å². The highest BCUT2D eigenvalue weighted by molar-refractivity contribution is 5.72. The van der Waals surface area contributed by atoms with E-state index in [1.54, 1.807) is 0 Å². The molecule has 0 unspecified atom stereocenters. The third kappa shape index (κ3) is 3.58. The van der Waals surface area contributed by atoms with Gasteiger partial charge in [-0.1, -0.05) is 30.3 Å². The van der Waals surface area contributed by atoms with E-state index in [0.717, 1.165) is 12.0 Å². The molecule has 1 rings (SSSR count). The minimum atomic E-state index is -0.00902. The molecule has 0 saturated carbocycles. The Bertz CT molecular complexity index is 285. The summed E-state index contributed by atoms with van der Waals surface area (Å²) in [6.45, 7) is 2.14. The van der Waals surface area contributed by atoms with Crippen molar-refractivity contribution in [2.75, 3.05) is 6.54 Å². The topological polar surface area (TPSA) is 55.1 Å². The molecule has 1 aromatic carbocycles. The number of benzene rings is 1. The van der Waals surface area contributed by atoms with Crippen LogP contribution in [0.15, 0.2) is 30.3 Å². The van der Waals surface area contributed by atoms with Crippen LogP contribution in [0.5, 0.6) is 0 Å². The van der Waals surface area contributed by atoms with Gasteiger partial charge in [0.1, 0.15) is 0 Å². The summed E-state index contributed by atoms with van der Waals surface area (Å²) >= 11 is 0. The summed E-state index contributed by atoms with van der Waals surface area (Å²) in [7, 11) is 0. The minimum absolute atomic E-state index is 0.00282. The van der Waals surface area contributed by atoms with E-state index in [1.165, 1.54) is 6.92 Å². The Balaban J connectivity index is 2.36. The number of nitrogens with two attached hydrogens (primary N) is 1. The first-order valence-electron chi connectivity index (χ1n) is 4.75. The summed E-state index contributed by atoms with van der Waals surface area (Å²) in [6.07, 6.45) is 0.767. The summed E-state index contributed by atoms with van der Waals surface area (Å²) in [5.74, 6) is -0.00902. The molecule has 3 heteroatoms. The van der Waals surface area contributed by atoms with E-state index in [9.17, 15) is 4.79 Å². The average Bonchev–Trinajstić information content (AvgIpc) is 2.18. The van der Waals surface area contributed by atoms with Gasteiger partial charge in [-0.15, -0.1) is 0 Å². The van der Waals surface area contributed by atoms with E-state index in [4.69, 9.17) is 5.73 Å². The largest absolute Gasteiger partial charge is 0.356 e. The highest BCUT2D eigenvalue weighted by Crippen LogP contribution is 2.11. The molecule has 1 amide bonds. The summed E-state index contributed by atoms with van der Waals surface area (Å²) in [5.41, 5.74) is 7.04. The molecule has 1 atom stereocenters. The van der Waals surface area contributed by atoms with Crippen LogP contribution in [-0.2, 0) is 4.79 Å². The standard InChI is InChI=1S/C11H16N2O/c1-9(14)13-8-7-11(12)10-5-3-2-4-6-10/h2-6,11H,7-8,12H2,1H3,(H,13,14)/t11-/m0/s1. The van der Waals surface area contributed by atoms with Crippen molar-refractivity contribution in [2.45, 2.75) is 19.4 Å². The molecule has 0 bridgehead atoms. The molecule has 0 aliphatic rings. The lowest BCUT2D eigenvalue weighted by Gasteiger charge is -2.11. The van der Waals surface area contributed by atoms with E-state index in [2.05, 4.69) is 5.32 Å². The number of hydrogen-bond donors (Lipinski definition) is 2. The maximum absolute atomic E-state index is 10.6. The fraction of sp³-hybridized carbons (Fsp3) is 0.364. The molecule has 14 heavy (non-hydrogen) atoms. The number of hydrogen-bond acceptors (Lipinski definition) is 2. The van der Waals surface area contributed by atoms with Crippen molar-refractivity contribution in [1.82, 2.24) is 5.32 Å². The molecule has 0 aliphatic heterocycles. The average molecular weight is 192 g/mol. The van der Waals surface area contributed by atoms with Crippen molar-refractivity contribution in [3.05, 3.63) is 35.9 Å². The fourth-order valence-electron chi connectivity index (χ4n) is 1.27. The maximum atomic E-state index is 10.6. The molecular weight excluding hydrogens is 176 g/mol. The van der Waals surface area contributed by atoms with E-state index in [-0.39, 0.29) is 11.9 Å². The van der Waals surface area contributed by atoms with Crippen molar-refractivity contribution in [3.63, 3.8) is 0 Å². The molecule has 0 fully saturated rings. The third-order valence-corrected chi connectivity index (χ3v) is 2.06. The first-order chi connectivity index (χ1) is 6.70. The molecule has 0 aromatic heterocycles. The summed E-state index contributed by atoms with van der Waals surface area (Å²) in [5, 5.41) is 2.73. The van der Waals surface area contributed by atoms with Gasteiger partial charge in [-0.05, 0) is 12.0 Å². The third-order valence-electron chi connectivity index (χ3n) is 2.06. The molecule has 3 nitrogen and oxygen atoms in total. The molecule has 3 N–H and O–H groups in total. The fourth-order valence-corrected chi connectivity index (χ4v) is 1.27. The van der Waals surface area contributed by atoms with Crippen molar-refractivity contribution in [2.24, 2.45) is 5.73 Å². The molecule has 0 aliphatic carbocycles.